The first-order chi connectivity index (χ1) is 10.9. The van der Waals surface area contributed by atoms with E-state index in [-0.39, 0.29) is 17.3 Å². The lowest BCUT2D eigenvalue weighted by molar-refractivity contribution is -0.385. The summed E-state index contributed by atoms with van der Waals surface area (Å²) >= 11 is 0. The average molecular weight is 322 g/mol. The summed E-state index contributed by atoms with van der Waals surface area (Å²) in [5.41, 5.74) is 0.518. The molecular formula is C16H22N2O5. The van der Waals surface area contributed by atoms with Gasteiger partial charge in [-0.2, -0.15) is 0 Å². The summed E-state index contributed by atoms with van der Waals surface area (Å²) in [5.74, 6) is -0.199. The fourth-order valence-corrected chi connectivity index (χ4v) is 2.87. The Morgan fingerprint density at radius 3 is 2.87 bits per heavy atom. The molecule has 1 unspecified atom stereocenters. The van der Waals surface area contributed by atoms with Crippen LogP contribution in [0.5, 0.6) is 0 Å². The van der Waals surface area contributed by atoms with Gasteiger partial charge < -0.3 is 14.4 Å². The van der Waals surface area contributed by atoms with Gasteiger partial charge in [-0.15, -0.1) is 0 Å². The van der Waals surface area contributed by atoms with Gasteiger partial charge in [-0.1, -0.05) is 13.8 Å². The van der Waals surface area contributed by atoms with Crippen LogP contribution < -0.4 is 4.90 Å². The number of carbonyl (C=O) groups excluding carboxylic acids is 1. The number of methoxy groups -OCH3 is 1. The molecule has 7 heteroatoms. The number of carbonyl (C=O) groups is 1. The highest BCUT2D eigenvalue weighted by molar-refractivity contribution is 5.95. The van der Waals surface area contributed by atoms with Gasteiger partial charge in [0.05, 0.1) is 31.3 Å². The number of esters is 1. The molecule has 0 aromatic heterocycles. The minimum atomic E-state index is -0.702. The molecule has 0 saturated carbocycles. The molecule has 1 aliphatic heterocycles. The predicted octanol–water partition coefficient (Wildman–Crippen LogP) is 2.63. The average Bonchev–Trinajstić information content (AvgIpc) is 2.53. The summed E-state index contributed by atoms with van der Waals surface area (Å²) in [5, 5.41) is 11.1. The van der Waals surface area contributed by atoms with Gasteiger partial charge in [0.25, 0.3) is 5.69 Å². The number of rotatable bonds is 5. The van der Waals surface area contributed by atoms with E-state index in [1.54, 1.807) is 12.1 Å². The first-order valence-corrected chi connectivity index (χ1v) is 7.65. The lowest BCUT2D eigenvalue weighted by atomic mass is 10.0. The van der Waals surface area contributed by atoms with Gasteiger partial charge in [0.2, 0.25) is 0 Å². The van der Waals surface area contributed by atoms with Crippen molar-refractivity contribution in [1.29, 1.82) is 0 Å². The molecule has 1 aromatic rings. The molecule has 0 amide bonds. The van der Waals surface area contributed by atoms with Gasteiger partial charge in [-0.3, -0.25) is 10.1 Å². The molecule has 1 aliphatic rings. The zero-order chi connectivity index (χ0) is 17.0. The molecule has 7 nitrogen and oxygen atoms in total. The van der Waals surface area contributed by atoms with Crippen molar-refractivity contribution in [2.75, 3.05) is 31.8 Å². The first-order valence-electron chi connectivity index (χ1n) is 7.65. The van der Waals surface area contributed by atoms with Crippen molar-refractivity contribution in [3.63, 3.8) is 0 Å². The standard InChI is InChI=1S/C16H22N2O5/c1-11(2)8-13-10-23-7-6-17(13)12-4-5-15(18(20)21)14(9-12)16(19)22-3/h4-5,9,11,13H,6-8,10H2,1-3H3. The monoisotopic (exact) mass is 322 g/mol. The van der Waals surface area contributed by atoms with Crippen LogP contribution in [0, 0.1) is 16.0 Å². The van der Waals surface area contributed by atoms with E-state index in [1.165, 1.54) is 13.2 Å². The Morgan fingerprint density at radius 2 is 2.26 bits per heavy atom. The zero-order valence-electron chi connectivity index (χ0n) is 13.7. The third-order valence-electron chi connectivity index (χ3n) is 3.88. The van der Waals surface area contributed by atoms with Crippen LogP contribution in [0.3, 0.4) is 0 Å². The third-order valence-corrected chi connectivity index (χ3v) is 3.88. The molecular weight excluding hydrogens is 300 g/mol. The molecule has 2 rings (SSSR count). The summed E-state index contributed by atoms with van der Waals surface area (Å²) in [6, 6.07) is 4.78. The van der Waals surface area contributed by atoms with E-state index < -0.39 is 10.9 Å². The summed E-state index contributed by atoms with van der Waals surface area (Å²) in [7, 11) is 1.22. The number of ether oxygens (including phenoxy) is 2. The Hall–Kier alpha value is -2.15. The second-order valence-corrected chi connectivity index (χ2v) is 6.00. The number of hydrogen-bond acceptors (Lipinski definition) is 6. The van der Waals surface area contributed by atoms with E-state index in [0.29, 0.717) is 25.7 Å². The summed E-state index contributed by atoms with van der Waals surface area (Å²) in [6.07, 6.45) is 0.949. The highest BCUT2D eigenvalue weighted by atomic mass is 16.6. The smallest absolute Gasteiger partial charge is 0.344 e. The number of anilines is 1. The third kappa shape index (κ3) is 3.98. The number of benzene rings is 1. The second-order valence-electron chi connectivity index (χ2n) is 6.00. The predicted molar refractivity (Wildman–Crippen MR) is 85.8 cm³/mol. The molecule has 0 N–H and O–H groups in total. The molecule has 0 bridgehead atoms. The van der Waals surface area contributed by atoms with Gasteiger partial charge in [0.1, 0.15) is 5.56 Å². The maximum absolute atomic E-state index is 11.9. The number of nitro benzene ring substituents is 1. The molecule has 0 aliphatic carbocycles. The van der Waals surface area contributed by atoms with Crippen LogP contribution in [0.4, 0.5) is 11.4 Å². The summed E-state index contributed by atoms with van der Waals surface area (Å²) in [6.45, 7) is 6.18. The minimum Gasteiger partial charge on any atom is -0.465 e. The van der Waals surface area contributed by atoms with E-state index in [1.807, 2.05) is 0 Å². The molecule has 1 heterocycles. The van der Waals surface area contributed by atoms with Gasteiger partial charge >= 0.3 is 5.97 Å². The summed E-state index contributed by atoms with van der Waals surface area (Å²) < 4.78 is 10.2. The topological polar surface area (TPSA) is 81.9 Å². The van der Waals surface area contributed by atoms with Crippen LogP contribution in [0.25, 0.3) is 0 Å². The molecule has 1 fully saturated rings. The Morgan fingerprint density at radius 1 is 1.52 bits per heavy atom. The second kappa shape index (κ2) is 7.41. The number of nitrogens with zero attached hydrogens (tertiary/aromatic N) is 2. The van der Waals surface area contributed by atoms with E-state index >= 15 is 0 Å². The van der Waals surface area contributed by atoms with Crippen LogP contribution in [-0.2, 0) is 9.47 Å². The van der Waals surface area contributed by atoms with Crippen LogP contribution in [-0.4, -0.2) is 43.8 Å². The van der Waals surface area contributed by atoms with Crippen LogP contribution >= 0.6 is 0 Å². The van der Waals surface area contributed by atoms with Gasteiger partial charge in [-0.25, -0.2) is 4.79 Å². The fraction of sp³-hybridized carbons (Fsp3) is 0.562. The molecule has 23 heavy (non-hydrogen) atoms. The Kier molecular flexibility index (Phi) is 5.54. The SMILES string of the molecule is COC(=O)c1cc(N2CCOCC2CC(C)C)ccc1[N+](=O)[O-]. The van der Waals surface area contributed by atoms with Crippen molar-refractivity contribution in [1.82, 2.24) is 0 Å². The Labute approximate surface area is 135 Å². The molecule has 1 atom stereocenters. The van der Waals surface area contributed by atoms with E-state index in [4.69, 9.17) is 4.74 Å². The molecule has 1 saturated heterocycles. The molecule has 1 aromatic carbocycles. The number of hydrogen-bond donors (Lipinski definition) is 0. The van der Waals surface area contributed by atoms with E-state index in [9.17, 15) is 14.9 Å². The minimum absolute atomic E-state index is 0.0233. The van der Waals surface area contributed by atoms with Crippen molar-refractivity contribution in [3.05, 3.63) is 33.9 Å². The highest BCUT2D eigenvalue weighted by Gasteiger charge is 2.27. The summed E-state index contributed by atoms with van der Waals surface area (Å²) in [4.78, 5) is 24.6. The maximum atomic E-state index is 11.9. The fourth-order valence-electron chi connectivity index (χ4n) is 2.87. The van der Waals surface area contributed by atoms with Crippen molar-refractivity contribution in [2.24, 2.45) is 5.92 Å². The van der Waals surface area contributed by atoms with Gasteiger partial charge in [0, 0.05) is 18.3 Å². The largest absolute Gasteiger partial charge is 0.465 e. The van der Waals surface area contributed by atoms with E-state index in [2.05, 4.69) is 23.5 Å². The van der Waals surface area contributed by atoms with Gasteiger partial charge in [-0.05, 0) is 24.5 Å². The lowest BCUT2D eigenvalue weighted by Gasteiger charge is -2.38. The van der Waals surface area contributed by atoms with Crippen molar-refractivity contribution in [3.8, 4) is 0 Å². The van der Waals surface area contributed by atoms with Crippen molar-refractivity contribution >= 4 is 17.3 Å². The molecule has 126 valence electrons. The normalized spacial score (nSPS) is 18.1. The molecule has 0 spiro atoms. The lowest BCUT2D eigenvalue weighted by Crippen LogP contribution is -2.46. The Balaban J connectivity index is 2.37. The maximum Gasteiger partial charge on any atom is 0.344 e. The number of nitro groups is 1. The number of morpholine rings is 1. The zero-order valence-corrected chi connectivity index (χ0v) is 13.7. The van der Waals surface area contributed by atoms with Crippen LogP contribution in [0.1, 0.15) is 30.6 Å². The van der Waals surface area contributed by atoms with Crippen LogP contribution in [0.2, 0.25) is 0 Å². The Bertz CT molecular complexity index is 588. The molecule has 0 radical (unpaired) electrons. The first kappa shape index (κ1) is 17.2. The quantitative estimate of drug-likeness (QED) is 0.471. The van der Waals surface area contributed by atoms with Crippen molar-refractivity contribution < 1.29 is 19.2 Å². The van der Waals surface area contributed by atoms with Crippen molar-refractivity contribution in [2.45, 2.75) is 26.3 Å². The van der Waals surface area contributed by atoms with E-state index in [0.717, 1.165) is 12.1 Å². The van der Waals surface area contributed by atoms with Gasteiger partial charge in [0.15, 0.2) is 0 Å². The highest BCUT2D eigenvalue weighted by Crippen LogP contribution is 2.29. The van der Waals surface area contributed by atoms with Crippen LogP contribution in [0.15, 0.2) is 18.2 Å².